The van der Waals surface area contributed by atoms with Crippen molar-refractivity contribution in [3.05, 3.63) is 0 Å². The van der Waals surface area contributed by atoms with Gasteiger partial charge in [-0.3, -0.25) is 0 Å². The Labute approximate surface area is 103 Å². The predicted molar refractivity (Wildman–Crippen MR) is 73.9 cm³/mol. The van der Waals surface area contributed by atoms with Gasteiger partial charge in [-0.05, 0) is 44.9 Å². The average Bonchev–Trinajstić information content (AvgIpc) is 2.17. The topological polar surface area (TPSA) is 15.3 Å². The van der Waals surface area contributed by atoms with Crippen LogP contribution < -0.4 is 5.32 Å². The van der Waals surface area contributed by atoms with Gasteiger partial charge in [-0.15, -0.1) is 0 Å². The second-order valence-corrected chi connectivity index (χ2v) is 5.63. The lowest BCUT2D eigenvalue weighted by molar-refractivity contribution is 0.274. The van der Waals surface area contributed by atoms with Crippen molar-refractivity contribution in [3.63, 3.8) is 0 Å². The fraction of sp³-hybridized carbons (Fsp3) is 1.00. The summed E-state index contributed by atoms with van der Waals surface area (Å²) in [6.45, 7) is 13.9. The first-order chi connectivity index (χ1) is 7.56. The van der Waals surface area contributed by atoms with E-state index in [1.165, 1.54) is 32.4 Å². The summed E-state index contributed by atoms with van der Waals surface area (Å²) >= 11 is 0. The molecular formula is C14H32N2. The summed E-state index contributed by atoms with van der Waals surface area (Å²) in [6.07, 6.45) is 4.03. The summed E-state index contributed by atoms with van der Waals surface area (Å²) < 4.78 is 0. The molecule has 98 valence electrons. The molecule has 0 amide bonds. The molecule has 0 radical (unpaired) electrons. The molecule has 1 N–H and O–H groups in total. The van der Waals surface area contributed by atoms with Crippen LogP contribution >= 0.6 is 0 Å². The highest BCUT2D eigenvalue weighted by atomic mass is 15.1. The number of nitrogens with zero attached hydrogens (tertiary/aromatic N) is 1. The number of nitrogens with one attached hydrogen (secondary N) is 1. The summed E-state index contributed by atoms with van der Waals surface area (Å²) in [5.74, 6) is 1.51. The molecule has 2 nitrogen and oxygen atoms in total. The molecule has 0 saturated carbocycles. The van der Waals surface area contributed by atoms with Gasteiger partial charge in [-0.1, -0.05) is 40.5 Å². The van der Waals surface area contributed by atoms with E-state index in [-0.39, 0.29) is 0 Å². The van der Waals surface area contributed by atoms with Crippen molar-refractivity contribution >= 4 is 0 Å². The largest absolute Gasteiger partial charge is 0.316 e. The van der Waals surface area contributed by atoms with Crippen LogP contribution in [0.3, 0.4) is 0 Å². The molecule has 2 heteroatoms. The van der Waals surface area contributed by atoms with Crippen LogP contribution in [0.2, 0.25) is 0 Å². The summed E-state index contributed by atoms with van der Waals surface area (Å²) in [6, 6.07) is 0. The van der Waals surface area contributed by atoms with Crippen molar-refractivity contribution in [2.75, 3.05) is 33.2 Å². The zero-order valence-electron chi connectivity index (χ0n) is 12.1. The van der Waals surface area contributed by atoms with E-state index >= 15 is 0 Å². The Morgan fingerprint density at radius 1 is 1.06 bits per heavy atom. The Kier molecular flexibility index (Phi) is 10.0. The van der Waals surface area contributed by atoms with Gasteiger partial charge in [0.15, 0.2) is 0 Å². The van der Waals surface area contributed by atoms with Crippen molar-refractivity contribution in [1.29, 1.82) is 0 Å². The molecule has 1 unspecified atom stereocenters. The van der Waals surface area contributed by atoms with Crippen molar-refractivity contribution in [3.8, 4) is 0 Å². The minimum atomic E-state index is 0.755. The third kappa shape index (κ3) is 10.4. The molecule has 16 heavy (non-hydrogen) atoms. The lowest BCUT2D eigenvalue weighted by Gasteiger charge is -2.21. The maximum Gasteiger partial charge on any atom is 0.00161 e. The Hall–Kier alpha value is -0.0800. The molecule has 0 saturated heterocycles. The fourth-order valence-electron chi connectivity index (χ4n) is 1.94. The molecule has 0 heterocycles. The van der Waals surface area contributed by atoms with Crippen LogP contribution in [0.4, 0.5) is 0 Å². The van der Waals surface area contributed by atoms with E-state index in [9.17, 15) is 0 Å². The quantitative estimate of drug-likeness (QED) is 0.578. The van der Waals surface area contributed by atoms with Gasteiger partial charge < -0.3 is 10.2 Å². The first kappa shape index (κ1) is 15.9. The van der Waals surface area contributed by atoms with Crippen LogP contribution in [-0.4, -0.2) is 38.1 Å². The van der Waals surface area contributed by atoms with E-state index in [1.807, 2.05) is 0 Å². The van der Waals surface area contributed by atoms with Gasteiger partial charge in [-0.2, -0.15) is 0 Å². The SMILES string of the molecule is CCCCCN(C)CC(C)CNCC(C)C. The van der Waals surface area contributed by atoms with Crippen LogP contribution in [0.25, 0.3) is 0 Å². The lowest BCUT2D eigenvalue weighted by atomic mass is 10.1. The molecule has 1 atom stereocenters. The molecule has 0 aromatic heterocycles. The smallest absolute Gasteiger partial charge is 0.00161 e. The molecular weight excluding hydrogens is 196 g/mol. The van der Waals surface area contributed by atoms with Crippen LogP contribution in [0.1, 0.15) is 47.0 Å². The minimum absolute atomic E-state index is 0.755. The lowest BCUT2D eigenvalue weighted by Crippen LogP contribution is -2.32. The summed E-state index contributed by atoms with van der Waals surface area (Å²) in [7, 11) is 2.24. The van der Waals surface area contributed by atoms with E-state index in [1.54, 1.807) is 0 Å². The molecule has 0 aliphatic rings. The number of hydrogen-bond donors (Lipinski definition) is 1. The first-order valence-corrected chi connectivity index (χ1v) is 6.95. The number of unbranched alkanes of at least 4 members (excludes halogenated alkanes) is 2. The average molecular weight is 228 g/mol. The third-order valence-corrected chi connectivity index (χ3v) is 2.81. The van der Waals surface area contributed by atoms with Crippen LogP contribution in [-0.2, 0) is 0 Å². The van der Waals surface area contributed by atoms with Gasteiger partial charge in [0.25, 0.3) is 0 Å². The van der Waals surface area contributed by atoms with E-state index in [0.717, 1.165) is 24.9 Å². The van der Waals surface area contributed by atoms with Crippen molar-refractivity contribution in [2.24, 2.45) is 11.8 Å². The van der Waals surface area contributed by atoms with E-state index in [4.69, 9.17) is 0 Å². The maximum absolute atomic E-state index is 3.53. The van der Waals surface area contributed by atoms with Crippen molar-refractivity contribution in [2.45, 2.75) is 47.0 Å². The molecule has 0 rings (SSSR count). The number of rotatable bonds is 10. The molecule has 0 aliphatic carbocycles. The Morgan fingerprint density at radius 2 is 1.75 bits per heavy atom. The van der Waals surface area contributed by atoms with E-state index in [2.05, 4.69) is 45.0 Å². The van der Waals surface area contributed by atoms with Crippen LogP contribution in [0.5, 0.6) is 0 Å². The molecule has 0 aliphatic heterocycles. The normalized spacial score (nSPS) is 13.7. The van der Waals surface area contributed by atoms with E-state index in [0.29, 0.717) is 0 Å². The Balaban J connectivity index is 3.42. The van der Waals surface area contributed by atoms with Gasteiger partial charge in [0.1, 0.15) is 0 Å². The minimum Gasteiger partial charge on any atom is -0.316 e. The van der Waals surface area contributed by atoms with Gasteiger partial charge in [0.05, 0.1) is 0 Å². The fourth-order valence-corrected chi connectivity index (χ4v) is 1.94. The first-order valence-electron chi connectivity index (χ1n) is 6.95. The van der Waals surface area contributed by atoms with E-state index < -0.39 is 0 Å². The van der Waals surface area contributed by atoms with Crippen LogP contribution in [0, 0.1) is 11.8 Å². The van der Waals surface area contributed by atoms with Gasteiger partial charge >= 0.3 is 0 Å². The van der Waals surface area contributed by atoms with Crippen molar-refractivity contribution in [1.82, 2.24) is 10.2 Å². The molecule has 0 fully saturated rings. The summed E-state index contributed by atoms with van der Waals surface area (Å²) in [5.41, 5.74) is 0. The zero-order valence-corrected chi connectivity index (χ0v) is 12.1. The van der Waals surface area contributed by atoms with Crippen molar-refractivity contribution < 1.29 is 0 Å². The maximum atomic E-state index is 3.53. The molecule has 0 bridgehead atoms. The molecule has 0 aromatic carbocycles. The monoisotopic (exact) mass is 228 g/mol. The van der Waals surface area contributed by atoms with Gasteiger partial charge in [0.2, 0.25) is 0 Å². The van der Waals surface area contributed by atoms with Gasteiger partial charge in [0, 0.05) is 6.54 Å². The summed E-state index contributed by atoms with van der Waals surface area (Å²) in [5, 5.41) is 3.53. The zero-order chi connectivity index (χ0) is 12.4. The van der Waals surface area contributed by atoms with Gasteiger partial charge in [-0.25, -0.2) is 0 Å². The highest BCUT2D eigenvalue weighted by Crippen LogP contribution is 2.01. The Morgan fingerprint density at radius 3 is 2.31 bits per heavy atom. The number of hydrogen-bond acceptors (Lipinski definition) is 2. The second kappa shape index (κ2) is 10.1. The predicted octanol–water partition coefficient (Wildman–Crippen LogP) is 2.99. The van der Waals surface area contributed by atoms with Crippen LogP contribution in [0.15, 0.2) is 0 Å². The highest BCUT2D eigenvalue weighted by Gasteiger charge is 2.06. The molecule has 0 spiro atoms. The Bertz CT molecular complexity index is 146. The standard InChI is InChI=1S/C14H32N2/c1-6-7-8-9-16(5)12-14(4)11-15-10-13(2)3/h13-15H,6-12H2,1-5H3. The molecule has 0 aromatic rings. The third-order valence-electron chi connectivity index (χ3n) is 2.81. The summed E-state index contributed by atoms with van der Waals surface area (Å²) in [4.78, 5) is 2.47. The highest BCUT2D eigenvalue weighted by molar-refractivity contribution is 4.63. The second-order valence-electron chi connectivity index (χ2n) is 5.63.